The van der Waals surface area contributed by atoms with Gasteiger partial charge in [0.1, 0.15) is 24.2 Å². The van der Waals surface area contributed by atoms with Crippen molar-refractivity contribution >= 4 is 11.8 Å². The van der Waals surface area contributed by atoms with Crippen LogP contribution in [0.2, 0.25) is 0 Å². The summed E-state index contributed by atoms with van der Waals surface area (Å²) >= 11 is 0. The van der Waals surface area contributed by atoms with E-state index in [4.69, 9.17) is 13.9 Å². The minimum Gasteiger partial charge on any atom is -0.458 e. The van der Waals surface area contributed by atoms with Gasteiger partial charge in [-0.3, -0.25) is 9.59 Å². The van der Waals surface area contributed by atoms with Gasteiger partial charge in [-0.2, -0.15) is 4.80 Å². The standard InChI is InChI=1S/C26H31FN6O5/c1-17-6-11-22(38-17)25-29-31-33(30-25)16-23(34)32(15-21-5-3-13-37-21)24(18-7-9-19(27)10-8-18)26(35)28-14-20-4-2-12-36-20/h6-11,20-21,24H,2-5,12-16H2,1H3,(H,28,35)/t20-,21-,24-/m0/s1. The number of rotatable bonds is 10. The van der Waals surface area contributed by atoms with Crippen LogP contribution >= 0.6 is 0 Å². The van der Waals surface area contributed by atoms with Crippen molar-refractivity contribution in [3.8, 4) is 11.6 Å². The maximum atomic E-state index is 13.8. The Kier molecular flexibility index (Phi) is 8.08. The zero-order valence-corrected chi connectivity index (χ0v) is 21.2. The van der Waals surface area contributed by atoms with Gasteiger partial charge in [0, 0.05) is 26.3 Å². The Morgan fingerprint density at radius 2 is 1.84 bits per heavy atom. The molecule has 1 aromatic carbocycles. The van der Waals surface area contributed by atoms with Crippen molar-refractivity contribution in [2.75, 3.05) is 26.3 Å². The number of carbonyl (C=O) groups excluding carboxylic acids is 2. The highest BCUT2D eigenvalue weighted by Gasteiger charge is 2.35. The Labute approximate surface area is 219 Å². The number of furan rings is 1. The molecule has 0 bridgehead atoms. The van der Waals surface area contributed by atoms with Gasteiger partial charge >= 0.3 is 0 Å². The molecule has 2 aliphatic heterocycles. The number of hydrogen-bond acceptors (Lipinski definition) is 8. The maximum absolute atomic E-state index is 13.8. The molecule has 2 saturated heterocycles. The van der Waals surface area contributed by atoms with Gasteiger partial charge in [0.2, 0.25) is 17.6 Å². The molecular weight excluding hydrogens is 495 g/mol. The van der Waals surface area contributed by atoms with Gasteiger partial charge in [-0.1, -0.05) is 12.1 Å². The number of hydrogen-bond donors (Lipinski definition) is 1. The van der Waals surface area contributed by atoms with Crippen LogP contribution in [0.3, 0.4) is 0 Å². The second-order valence-electron chi connectivity index (χ2n) is 9.57. The average Bonchev–Trinajstić information content (AvgIpc) is 3.72. The van der Waals surface area contributed by atoms with E-state index in [1.165, 1.54) is 34.0 Å². The first-order valence-electron chi connectivity index (χ1n) is 12.9. The van der Waals surface area contributed by atoms with Crippen LogP contribution in [0.25, 0.3) is 11.6 Å². The van der Waals surface area contributed by atoms with E-state index in [1.807, 2.05) is 0 Å². The molecule has 2 aliphatic rings. The van der Waals surface area contributed by atoms with Crippen LogP contribution in [-0.4, -0.2) is 75.4 Å². The lowest BCUT2D eigenvalue weighted by Crippen LogP contribution is -2.48. The number of nitrogens with one attached hydrogen (secondary N) is 1. The number of ether oxygens (including phenoxy) is 2. The minimum absolute atomic E-state index is 0.0712. The molecule has 38 heavy (non-hydrogen) atoms. The third-order valence-electron chi connectivity index (χ3n) is 6.71. The molecule has 3 atom stereocenters. The number of tetrazole rings is 1. The second-order valence-corrected chi connectivity index (χ2v) is 9.57. The number of halogens is 1. The Balaban J connectivity index is 1.40. The average molecular weight is 527 g/mol. The number of carbonyl (C=O) groups is 2. The number of benzene rings is 1. The van der Waals surface area contributed by atoms with E-state index in [1.54, 1.807) is 19.1 Å². The summed E-state index contributed by atoms with van der Waals surface area (Å²) in [6.07, 6.45) is 3.14. The molecule has 2 fully saturated rings. The van der Waals surface area contributed by atoms with E-state index >= 15 is 0 Å². The van der Waals surface area contributed by atoms with Gasteiger partial charge in [-0.15, -0.1) is 10.2 Å². The van der Waals surface area contributed by atoms with Gasteiger partial charge in [0.25, 0.3) is 0 Å². The van der Waals surface area contributed by atoms with Crippen LogP contribution in [0.4, 0.5) is 4.39 Å². The highest BCUT2D eigenvalue weighted by atomic mass is 19.1. The Hall–Kier alpha value is -3.64. The number of amides is 2. The van der Waals surface area contributed by atoms with E-state index in [0.717, 1.165) is 25.7 Å². The van der Waals surface area contributed by atoms with Crippen molar-refractivity contribution in [3.63, 3.8) is 0 Å². The Morgan fingerprint density at radius 1 is 1.11 bits per heavy atom. The van der Waals surface area contributed by atoms with Crippen molar-refractivity contribution in [1.82, 2.24) is 30.4 Å². The molecule has 2 aromatic heterocycles. The fourth-order valence-corrected chi connectivity index (χ4v) is 4.77. The minimum atomic E-state index is -1.01. The van der Waals surface area contributed by atoms with Crippen molar-refractivity contribution < 1.29 is 27.9 Å². The molecule has 0 unspecified atom stereocenters. The Bertz CT molecular complexity index is 1230. The normalized spacial score (nSPS) is 19.9. The summed E-state index contributed by atoms with van der Waals surface area (Å²) in [7, 11) is 0. The maximum Gasteiger partial charge on any atom is 0.247 e. The fraction of sp³-hybridized carbons (Fsp3) is 0.500. The van der Waals surface area contributed by atoms with Gasteiger partial charge < -0.3 is 24.1 Å². The summed E-state index contributed by atoms with van der Waals surface area (Å²) in [5.41, 5.74) is 0.487. The topological polar surface area (TPSA) is 125 Å². The number of aryl methyl sites for hydroxylation is 1. The van der Waals surface area contributed by atoms with E-state index in [2.05, 4.69) is 20.7 Å². The highest BCUT2D eigenvalue weighted by molar-refractivity contribution is 5.88. The molecule has 2 amide bonds. The summed E-state index contributed by atoms with van der Waals surface area (Å²) in [4.78, 5) is 30.0. The molecule has 0 aliphatic carbocycles. The largest absolute Gasteiger partial charge is 0.458 e. The molecular formula is C26H31FN6O5. The van der Waals surface area contributed by atoms with Crippen molar-refractivity contribution in [2.45, 2.75) is 57.4 Å². The van der Waals surface area contributed by atoms with Crippen LogP contribution < -0.4 is 5.32 Å². The summed E-state index contributed by atoms with van der Waals surface area (Å²) in [6, 6.07) is 8.10. The molecule has 4 heterocycles. The lowest BCUT2D eigenvalue weighted by Gasteiger charge is -2.33. The van der Waals surface area contributed by atoms with Gasteiger partial charge in [-0.25, -0.2) is 4.39 Å². The first-order valence-corrected chi connectivity index (χ1v) is 12.9. The molecule has 0 radical (unpaired) electrons. The smallest absolute Gasteiger partial charge is 0.247 e. The molecule has 0 saturated carbocycles. The summed E-state index contributed by atoms with van der Waals surface area (Å²) in [5.74, 6) is 0.178. The predicted octanol–water partition coefficient (Wildman–Crippen LogP) is 2.42. The van der Waals surface area contributed by atoms with Crippen LogP contribution in [0.15, 0.2) is 40.8 Å². The zero-order chi connectivity index (χ0) is 26.5. The third-order valence-corrected chi connectivity index (χ3v) is 6.71. The van der Waals surface area contributed by atoms with Crippen molar-refractivity contribution in [1.29, 1.82) is 0 Å². The second kappa shape index (κ2) is 11.8. The number of aromatic nitrogens is 4. The summed E-state index contributed by atoms with van der Waals surface area (Å²) < 4.78 is 30.8. The first-order chi connectivity index (χ1) is 18.5. The van der Waals surface area contributed by atoms with Crippen LogP contribution in [0, 0.1) is 12.7 Å². The summed E-state index contributed by atoms with van der Waals surface area (Å²) in [6.45, 7) is 3.32. The molecule has 11 nitrogen and oxygen atoms in total. The van der Waals surface area contributed by atoms with Crippen molar-refractivity contribution in [3.05, 3.63) is 53.5 Å². The lowest BCUT2D eigenvalue weighted by atomic mass is 10.0. The van der Waals surface area contributed by atoms with E-state index < -0.39 is 17.8 Å². The molecule has 202 valence electrons. The number of nitrogens with zero attached hydrogens (tertiary/aromatic N) is 5. The van der Waals surface area contributed by atoms with Gasteiger partial charge in [0.15, 0.2) is 5.76 Å². The molecule has 5 rings (SSSR count). The highest BCUT2D eigenvalue weighted by Crippen LogP contribution is 2.26. The summed E-state index contributed by atoms with van der Waals surface area (Å²) in [5, 5.41) is 15.2. The lowest BCUT2D eigenvalue weighted by molar-refractivity contribution is -0.143. The molecule has 3 aromatic rings. The van der Waals surface area contributed by atoms with Gasteiger partial charge in [-0.05, 0) is 67.6 Å². The van der Waals surface area contributed by atoms with E-state index in [-0.39, 0.29) is 37.0 Å². The van der Waals surface area contributed by atoms with Crippen LogP contribution in [0.5, 0.6) is 0 Å². The third kappa shape index (κ3) is 6.25. The Morgan fingerprint density at radius 3 is 2.50 bits per heavy atom. The van der Waals surface area contributed by atoms with Crippen molar-refractivity contribution in [2.24, 2.45) is 0 Å². The molecule has 12 heteroatoms. The molecule has 1 N–H and O–H groups in total. The zero-order valence-electron chi connectivity index (χ0n) is 21.2. The van der Waals surface area contributed by atoms with E-state index in [9.17, 15) is 14.0 Å². The predicted molar refractivity (Wildman–Crippen MR) is 132 cm³/mol. The SMILES string of the molecule is Cc1ccc(-c2nnn(CC(=O)N(C[C@@H]3CCCO3)[C@H](C(=O)NC[C@@H]3CCCO3)c3ccc(F)cc3)n2)o1. The van der Waals surface area contributed by atoms with Crippen LogP contribution in [-0.2, 0) is 25.6 Å². The monoisotopic (exact) mass is 526 g/mol. The molecule has 0 spiro atoms. The van der Waals surface area contributed by atoms with Gasteiger partial charge in [0.05, 0.1) is 12.2 Å². The fourth-order valence-electron chi connectivity index (χ4n) is 4.77. The first kappa shape index (κ1) is 26.0. The quantitative estimate of drug-likeness (QED) is 0.427. The van der Waals surface area contributed by atoms with E-state index in [0.29, 0.717) is 36.8 Å². The van der Waals surface area contributed by atoms with Crippen LogP contribution in [0.1, 0.15) is 43.0 Å².